The summed E-state index contributed by atoms with van der Waals surface area (Å²) in [6, 6.07) is 1.70. The van der Waals surface area contributed by atoms with Crippen LogP contribution in [0.1, 0.15) is 28.8 Å². The third kappa shape index (κ3) is 2.09. The van der Waals surface area contributed by atoms with Crippen molar-refractivity contribution in [3.8, 4) is 6.07 Å². The minimum atomic E-state index is -2.80. The van der Waals surface area contributed by atoms with E-state index in [0.717, 1.165) is 6.20 Å². The summed E-state index contributed by atoms with van der Waals surface area (Å²) in [5.41, 5.74) is 4.67. The van der Waals surface area contributed by atoms with E-state index in [9.17, 15) is 8.78 Å². The van der Waals surface area contributed by atoms with E-state index in [-0.39, 0.29) is 23.4 Å². The van der Waals surface area contributed by atoms with Crippen molar-refractivity contribution in [1.82, 2.24) is 4.98 Å². The molecule has 0 aliphatic heterocycles. The highest BCUT2D eigenvalue weighted by Gasteiger charge is 2.20. The molecular formula is C9H9F2N3O. The molecule has 0 saturated heterocycles. The molecule has 1 rings (SSSR count). The summed E-state index contributed by atoms with van der Waals surface area (Å²) in [6.07, 6.45) is -1.66. The van der Waals surface area contributed by atoms with Crippen molar-refractivity contribution >= 4 is 0 Å². The van der Waals surface area contributed by atoms with Crippen LogP contribution in [-0.4, -0.2) is 10.1 Å². The average Bonchev–Trinajstić information content (AvgIpc) is 2.26. The van der Waals surface area contributed by atoms with Crippen molar-refractivity contribution in [2.45, 2.75) is 19.6 Å². The molecule has 3 N–H and O–H groups in total. The number of alkyl halides is 2. The Hall–Kier alpha value is -1.58. The second kappa shape index (κ2) is 4.77. The quantitative estimate of drug-likeness (QED) is 0.779. The zero-order chi connectivity index (χ0) is 11.4. The van der Waals surface area contributed by atoms with Gasteiger partial charge in [0.1, 0.15) is 6.07 Å². The highest BCUT2D eigenvalue weighted by Crippen LogP contribution is 2.27. The number of aromatic nitrogens is 1. The molecule has 6 heteroatoms. The summed E-state index contributed by atoms with van der Waals surface area (Å²) >= 11 is 0. The first-order valence-electron chi connectivity index (χ1n) is 4.15. The lowest BCUT2D eigenvalue weighted by atomic mass is 10.0. The monoisotopic (exact) mass is 213 g/mol. The number of nitrogens with two attached hydrogens (primary N) is 1. The summed E-state index contributed by atoms with van der Waals surface area (Å²) in [7, 11) is 0. The molecule has 1 aromatic rings. The van der Waals surface area contributed by atoms with Gasteiger partial charge >= 0.3 is 0 Å². The average molecular weight is 213 g/mol. The topological polar surface area (TPSA) is 82.9 Å². The van der Waals surface area contributed by atoms with Gasteiger partial charge in [-0.2, -0.15) is 5.26 Å². The van der Waals surface area contributed by atoms with E-state index in [2.05, 4.69) is 4.98 Å². The van der Waals surface area contributed by atoms with Crippen molar-refractivity contribution in [2.24, 2.45) is 5.73 Å². The van der Waals surface area contributed by atoms with Crippen LogP contribution in [0.3, 0.4) is 0 Å². The van der Waals surface area contributed by atoms with Gasteiger partial charge in [0.15, 0.2) is 0 Å². The Bertz CT molecular complexity index is 401. The number of hydrogen-bond donors (Lipinski definition) is 2. The Labute approximate surface area is 85.0 Å². The van der Waals surface area contributed by atoms with E-state index in [1.807, 2.05) is 0 Å². The van der Waals surface area contributed by atoms with Crippen molar-refractivity contribution in [1.29, 1.82) is 5.26 Å². The van der Waals surface area contributed by atoms with Crippen molar-refractivity contribution < 1.29 is 13.9 Å². The van der Waals surface area contributed by atoms with E-state index < -0.39 is 18.6 Å². The van der Waals surface area contributed by atoms with Gasteiger partial charge in [-0.05, 0) is 0 Å². The smallest absolute Gasteiger partial charge is 0.266 e. The number of nitrogens with zero attached hydrogens (tertiary/aromatic N) is 2. The van der Waals surface area contributed by atoms with Crippen LogP contribution >= 0.6 is 0 Å². The van der Waals surface area contributed by atoms with Gasteiger partial charge in [-0.3, -0.25) is 4.98 Å². The van der Waals surface area contributed by atoms with Gasteiger partial charge in [-0.1, -0.05) is 0 Å². The lowest BCUT2D eigenvalue weighted by Crippen LogP contribution is -2.10. The van der Waals surface area contributed by atoms with Crippen LogP contribution in [0.4, 0.5) is 8.78 Å². The Morgan fingerprint density at radius 2 is 2.27 bits per heavy atom. The third-order valence-corrected chi connectivity index (χ3v) is 2.00. The molecule has 80 valence electrons. The molecule has 0 bridgehead atoms. The van der Waals surface area contributed by atoms with Crippen LogP contribution in [0, 0.1) is 11.3 Å². The fourth-order valence-corrected chi connectivity index (χ4v) is 1.30. The van der Waals surface area contributed by atoms with Crippen LogP contribution in [0.2, 0.25) is 0 Å². The minimum absolute atomic E-state index is 0.00745. The number of hydrogen-bond acceptors (Lipinski definition) is 4. The number of aliphatic hydroxyl groups is 1. The molecule has 0 fully saturated rings. The molecule has 0 saturated carbocycles. The van der Waals surface area contributed by atoms with Gasteiger partial charge < -0.3 is 10.8 Å². The Balaban J connectivity index is 3.46. The molecule has 0 spiro atoms. The molecule has 0 unspecified atom stereocenters. The first-order valence-corrected chi connectivity index (χ1v) is 4.15. The Morgan fingerprint density at radius 1 is 1.60 bits per heavy atom. The number of pyridine rings is 1. The summed E-state index contributed by atoms with van der Waals surface area (Å²) in [5.74, 6) is 0. The minimum Gasteiger partial charge on any atom is -0.392 e. The molecule has 15 heavy (non-hydrogen) atoms. The molecule has 0 aromatic carbocycles. The first-order chi connectivity index (χ1) is 7.15. The van der Waals surface area contributed by atoms with Crippen LogP contribution in [0.5, 0.6) is 0 Å². The van der Waals surface area contributed by atoms with E-state index in [1.54, 1.807) is 6.07 Å². The highest BCUT2D eigenvalue weighted by molar-refractivity contribution is 5.43. The van der Waals surface area contributed by atoms with Gasteiger partial charge in [0.2, 0.25) is 0 Å². The largest absolute Gasteiger partial charge is 0.392 e. The lowest BCUT2D eigenvalue weighted by Gasteiger charge is -2.11. The van der Waals surface area contributed by atoms with Gasteiger partial charge in [0.25, 0.3) is 6.43 Å². The van der Waals surface area contributed by atoms with Gasteiger partial charge in [-0.25, -0.2) is 8.78 Å². The van der Waals surface area contributed by atoms with E-state index in [4.69, 9.17) is 16.1 Å². The Kier molecular flexibility index (Phi) is 3.66. The van der Waals surface area contributed by atoms with Crippen LogP contribution in [-0.2, 0) is 13.2 Å². The van der Waals surface area contributed by atoms with E-state index in [1.165, 1.54) is 0 Å². The second-order valence-electron chi connectivity index (χ2n) is 2.79. The SMILES string of the molecule is N#Cc1cnc(CN)c(C(F)F)c1CO. The maximum absolute atomic E-state index is 12.7. The fourth-order valence-electron chi connectivity index (χ4n) is 1.30. The van der Waals surface area contributed by atoms with Crippen LogP contribution < -0.4 is 5.73 Å². The molecule has 0 aliphatic carbocycles. The van der Waals surface area contributed by atoms with E-state index >= 15 is 0 Å². The van der Waals surface area contributed by atoms with E-state index in [0.29, 0.717) is 0 Å². The molecule has 0 aliphatic rings. The highest BCUT2D eigenvalue weighted by atomic mass is 19.3. The second-order valence-corrected chi connectivity index (χ2v) is 2.79. The maximum Gasteiger partial charge on any atom is 0.266 e. The number of halogens is 2. The van der Waals surface area contributed by atoms with Gasteiger partial charge in [0.05, 0.1) is 17.9 Å². The first kappa shape index (κ1) is 11.5. The van der Waals surface area contributed by atoms with Crippen molar-refractivity contribution in [2.75, 3.05) is 0 Å². The molecule has 1 heterocycles. The number of aliphatic hydroxyl groups excluding tert-OH is 1. The predicted octanol–water partition coefficient (Wildman–Crippen LogP) is 0.842. The molecule has 4 nitrogen and oxygen atoms in total. The molecule has 0 amide bonds. The number of rotatable bonds is 3. The number of nitriles is 1. The van der Waals surface area contributed by atoms with Crippen molar-refractivity contribution in [3.63, 3.8) is 0 Å². The van der Waals surface area contributed by atoms with Gasteiger partial charge in [-0.15, -0.1) is 0 Å². The van der Waals surface area contributed by atoms with Crippen molar-refractivity contribution in [3.05, 3.63) is 28.6 Å². The zero-order valence-electron chi connectivity index (χ0n) is 7.74. The maximum atomic E-state index is 12.7. The molecular weight excluding hydrogens is 204 g/mol. The molecule has 1 aromatic heterocycles. The normalized spacial score (nSPS) is 10.4. The zero-order valence-corrected chi connectivity index (χ0v) is 7.74. The fraction of sp³-hybridized carbons (Fsp3) is 0.333. The summed E-state index contributed by atoms with van der Waals surface area (Å²) < 4.78 is 25.3. The Morgan fingerprint density at radius 3 is 2.67 bits per heavy atom. The summed E-state index contributed by atoms with van der Waals surface area (Å²) in [5, 5.41) is 17.6. The van der Waals surface area contributed by atoms with Crippen LogP contribution in [0.15, 0.2) is 6.20 Å². The summed E-state index contributed by atoms with van der Waals surface area (Å²) in [4.78, 5) is 3.66. The lowest BCUT2D eigenvalue weighted by molar-refractivity contribution is 0.145. The molecule has 0 atom stereocenters. The summed E-state index contributed by atoms with van der Waals surface area (Å²) in [6.45, 7) is -0.781. The van der Waals surface area contributed by atoms with Gasteiger partial charge in [0, 0.05) is 23.9 Å². The molecule has 0 radical (unpaired) electrons. The standard InChI is InChI=1S/C9H9F2N3O/c10-9(11)8-6(4-15)5(1-12)3-14-7(8)2-13/h3,9,15H,2,4,13H2. The van der Waals surface area contributed by atoms with Crippen LogP contribution in [0.25, 0.3) is 0 Å². The third-order valence-electron chi connectivity index (χ3n) is 2.00. The predicted molar refractivity (Wildman–Crippen MR) is 47.7 cm³/mol.